The van der Waals surface area contributed by atoms with Crippen LogP contribution in [0.2, 0.25) is 0 Å². The number of anilines is 1. The summed E-state index contributed by atoms with van der Waals surface area (Å²) < 4.78 is 28.1. The third kappa shape index (κ3) is 2.66. The number of aromatic nitrogens is 1. The molecule has 0 aromatic carbocycles. The first-order chi connectivity index (χ1) is 8.58. The zero-order valence-corrected chi connectivity index (χ0v) is 9.42. The second-order valence-electron chi connectivity index (χ2n) is 3.92. The molecule has 5 nitrogen and oxygen atoms in total. The van der Waals surface area contributed by atoms with E-state index < -0.39 is 18.6 Å². The second-order valence-corrected chi connectivity index (χ2v) is 3.92. The van der Waals surface area contributed by atoms with Crippen molar-refractivity contribution in [3.8, 4) is 5.75 Å². The van der Waals surface area contributed by atoms with Gasteiger partial charge in [-0.3, -0.25) is 0 Å². The number of pyridine rings is 1. The number of hydrogen-bond acceptors (Lipinski definition) is 4. The first-order valence-electron chi connectivity index (χ1n) is 5.48. The summed E-state index contributed by atoms with van der Waals surface area (Å²) in [6.07, 6.45) is 2.50. The standard InChI is InChI=1S/C11H12F2N2O3/c12-11(13)18-7-3-4-9(14-6-7)15-5-1-2-8(15)10(16)17/h3-4,6,8,11H,1-2,5H2,(H,16,17)/t8-/m0/s1. The SMILES string of the molecule is O=C(O)[C@@H]1CCCN1c1ccc(OC(F)F)cn1. The molecule has 0 spiro atoms. The lowest BCUT2D eigenvalue weighted by molar-refractivity contribution is -0.138. The van der Waals surface area contributed by atoms with Crippen molar-refractivity contribution in [2.75, 3.05) is 11.4 Å². The minimum absolute atomic E-state index is 0.0418. The average Bonchev–Trinajstić information content (AvgIpc) is 2.78. The average molecular weight is 258 g/mol. The number of nitrogens with zero attached hydrogens (tertiary/aromatic N) is 2. The normalized spacial score (nSPS) is 19.3. The van der Waals surface area contributed by atoms with E-state index in [0.717, 1.165) is 6.42 Å². The highest BCUT2D eigenvalue weighted by molar-refractivity contribution is 5.78. The molecule has 1 aliphatic rings. The summed E-state index contributed by atoms with van der Waals surface area (Å²) in [5, 5.41) is 9.03. The van der Waals surface area contributed by atoms with E-state index in [9.17, 15) is 13.6 Å². The van der Waals surface area contributed by atoms with Crippen LogP contribution in [0.1, 0.15) is 12.8 Å². The van der Waals surface area contributed by atoms with Crippen molar-refractivity contribution >= 4 is 11.8 Å². The van der Waals surface area contributed by atoms with E-state index in [1.54, 1.807) is 4.90 Å². The van der Waals surface area contributed by atoms with Crippen LogP contribution in [0.25, 0.3) is 0 Å². The minimum atomic E-state index is -2.89. The van der Waals surface area contributed by atoms with Crippen LogP contribution in [-0.2, 0) is 4.79 Å². The van der Waals surface area contributed by atoms with E-state index in [4.69, 9.17) is 5.11 Å². The van der Waals surface area contributed by atoms with Crippen LogP contribution < -0.4 is 9.64 Å². The Kier molecular flexibility index (Phi) is 3.59. The topological polar surface area (TPSA) is 62.7 Å². The highest BCUT2D eigenvalue weighted by atomic mass is 19.3. The summed E-state index contributed by atoms with van der Waals surface area (Å²) in [6, 6.07) is 2.24. The molecule has 18 heavy (non-hydrogen) atoms. The highest BCUT2D eigenvalue weighted by Gasteiger charge is 2.31. The van der Waals surface area contributed by atoms with Crippen LogP contribution in [0.5, 0.6) is 5.75 Å². The van der Waals surface area contributed by atoms with Gasteiger partial charge in [0, 0.05) is 6.54 Å². The van der Waals surface area contributed by atoms with Gasteiger partial charge in [0.05, 0.1) is 6.20 Å². The quantitative estimate of drug-likeness (QED) is 0.891. The molecule has 1 N–H and O–H groups in total. The van der Waals surface area contributed by atoms with E-state index in [2.05, 4.69) is 9.72 Å². The van der Waals surface area contributed by atoms with Crippen molar-refractivity contribution in [3.05, 3.63) is 18.3 Å². The summed E-state index contributed by atoms with van der Waals surface area (Å²) in [5.41, 5.74) is 0. The Morgan fingerprint density at radius 1 is 1.56 bits per heavy atom. The van der Waals surface area contributed by atoms with Crippen LogP contribution in [0.4, 0.5) is 14.6 Å². The van der Waals surface area contributed by atoms with Crippen LogP contribution in [-0.4, -0.2) is 35.3 Å². The molecule has 0 bridgehead atoms. The lowest BCUT2D eigenvalue weighted by Gasteiger charge is -2.22. The number of rotatable bonds is 4. The number of halogens is 2. The predicted octanol–water partition coefficient (Wildman–Crippen LogP) is 1.74. The summed E-state index contributed by atoms with van der Waals surface area (Å²) in [5.74, 6) is -0.483. The summed E-state index contributed by atoms with van der Waals surface area (Å²) >= 11 is 0. The molecule has 0 radical (unpaired) electrons. The zero-order chi connectivity index (χ0) is 13.1. The maximum absolute atomic E-state index is 12.0. The number of carboxylic acids is 1. The molecule has 1 atom stereocenters. The Morgan fingerprint density at radius 2 is 2.33 bits per heavy atom. The van der Waals surface area contributed by atoms with Gasteiger partial charge in [-0.25, -0.2) is 9.78 Å². The van der Waals surface area contributed by atoms with E-state index in [1.807, 2.05) is 0 Å². The molecule has 98 valence electrons. The maximum Gasteiger partial charge on any atom is 0.387 e. The summed E-state index contributed by atoms with van der Waals surface area (Å²) in [6.45, 7) is -2.30. The third-order valence-electron chi connectivity index (χ3n) is 2.78. The first-order valence-corrected chi connectivity index (χ1v) is 5.48. The van der Waals surface area contributed by atoms with Crippen LogP contribution in [0.15, 0.2) is 18.3 Å². The Hall–Kier alpha value is -1.92. The molecule has 1 saturated heterocycles. The molecular weight excluding hydrogens is 246 g/mol. The van der Waals surface area contributed by atoms with Gasteiger partial charge >= 0.3 is 12.6 Å². The summed E-state index contributed by atoms with van der Waals surface area (Å²) in [4.78, 5) is 16.6. The molecule has 7 heteroatoms. The number of aliphatic carboxylic acids is 1. The second kappa shape index (κ2) is 5.16. The third-order valence-corrected chi connectivity index (χ3v) is 2.78. The van der Waals surface area contributed by atoms with E-state index in [1.165, 1.54) is 18.3 Å². The van der Waals surface area contributed by atoms with Crippen molar-refractivity contribution in [3.63, 3.8) is 0 Å². The van der Waals surface area contributed by atoms with E-state index >= 15 is 0 Å². The molecule has 0 amide bonds. The maximum atomic E-state index is 12.0. The van der Waals surface area contributed by atoms with Crippen molar-refractivity contribution in [1.29, 1.82) is 0 Å². The number of hydrogen-bond donors (Lipinski definition) is 1. The van der Waals surface area contributed by atoms with Crippen LogP contribution >= 0.6 is 0 Å². The Labute approximate surface area is 102 Å². The fourth-order valence-corrected chi connectivity index (χ4v) is 2.01. The molecule has 1 fully saturated rings. The first kappa shape index (κ1) is 12.5. The number of alkyl halides is 2. The molecule has 0 unspecified atom stereocenters. The Morgan fingerprint density at radius 3 is 2.89 bits per heavy atom. The molecule has 1 aliphatic heterocycles. The molecular formula is C11H12F2N2O3. The van der Waals surface area contributed by atoms with Gasteiger partial charge in [-0.15, -0.1) is 0 Å². The van der Waals surface area contributed by atoms with Gasteiger partial charge in [0.15, 0.2) is 0 Å². The summed E-state index contributed by atoms with van der Waals surface area (Å²) in [7, 11) is 0. The highest BCUT2D eigenvalue weighted by Crippen LogP contribution is 2.25. The van der Waals surface area contributed by atoms with Crippen LogP contribution in [0, 0.1) is 0 Å². The fraction of sp³-hybridized carbons (Fsp3) is 0.455. The predicted molar refractivity (Wildman–Crippen MR) is 58.9 cm³/mol. The van der Waals surface area contributed by atoms with Gasteiger partial charge in [-0.05, 0) is 25.0 Å². The largest absolute Gasteiger partial charge is 0.480 e. The molecule has 2 heterocycles. The monoisotopic (exact) mass is 258 g/mol. The van der Waals surface area contributed by atoms with E-state index in [0.29, 0.717) is 18.8 Å². The van der Waals surface area contributed by atoms with Crippen LogP contribution in [0.3, 0.4) is 0 Å². The minimum Gasteiger partial charge on any atom is -0.480 e. The Bertz CT molecular complexity index is 425. The fourth-order valence-electron chi connectivity index (χ4n) is 2.01. The zero-order valence-electron chi connectivity index (χ0n) is 9.42. The van der Waals surface area contributed by atoms with Crippen molar-refractivity contribution in [2.24, 2.45) is 0 Å². The lowest BCUT2D eigenvalue weighted by atomic mass is 10.2. The van der Waals surface area contributed by atoms with Gasteiger partial charge < -0.3 is 14.7 Å². The van der Waals surface area contributed by atoms with Crippen molar-refractivity contribution < 1.29 is 23.4 Å². The van der Waals surface area contributed by atoms with Crippen molar-refractivity contribution in [2.45, 2.75) is 25.5 Å². The van der Waals surface area contributed by atoms with Gasteiger partial charge in [0.1, 0.15) is 17.6 Å². The van der Waals surface area contributed by atoms with Gasteiger partial charge in [0.25, 0.3) is 0 Å². The molecule has 1 aromatic rings. The Balaban J connectivity index is 2.11. The molecule has 1 aromatic heterocycles. The lowest BCUT2D eigenvalue weighted by Crippen LogP contribution is -2.36. The van der Waals surface area contributed by atoms with Gasteiger partial charge in [0.2, 0.25) is 0 Å². The van der Waals surface area contributed by atoms with Gasteiger partial charge in [-0.2, -0.15) is 8.78 Å². The number of carboxylic acid groups (broad SMARTS) is 1. The van der Waals surface area contributed by atoms with Crippen molar-refractivity contribution in [1.82, 2.24) is 4.98 Å². The number of carbonyl (C=O) groups is 1. The van der Waals surface area contributed by atoms with Gasteiger partial charge in [-0.1, -0.05) is 0 Å². The molecule has 0 saturated carbocycles. The number of ether oxygens (including phenoxy) is 1. The molecule has 0 aliphatic carbocycles. The van der Waals surface area contributed by atoms with E-state index in [-0.39, 0.29) is 5.75 Å². The smallest absolute Gasteiger partial charge is 0.387 e. The molecule has 2 rings (SSSR count).